The summed E-state index contributed by atoms with van der Waals surface area (Å²) in [6.07, 6.45) is 1.68. The highest BCUT2D eigenvalue weighted by atomic mass is 79.9. The molecule has 0 bridgehead atoms. The van der Waals surface area contributed by atoms with Crippen molar-refractivity contribution in [2.75, 3.05) is 10.6 Å². The lowest BCUT2D eigenvalue weighted by Gasteiger charge is -2.12. The van der Waals surface area contributed by atoms with Gasteiger partial charge in [-0.1, -0.05) is 24.3 Å². The zero-order chi connectivity index (χ0) is 20.4. The highest BCUT2D eigenvalue weighted by Crippen LogP contribution is 2.31. The molecular formula is C21H18BrN5O2. The average Bonchev–Trinajstić information content (AvgIpc) is 3.07. The maximum atomic E-state index is 11.3. The number of rotatable bonds is 5. The Hall–Kier alpha value is -3.39. The highest BCUT2D eigenvalue weighted by Gasteiger charge is 2.13. The Balaban J connectivity index is 1.68. The number of nitrogens with zero attached hydrogens (tertiary/aromatic N) is 3. The van der Waals surface area contributed by atoms with E-state index in [1.165, 1.54) is 6.92 Å². The van der Waals surface area contributed by atoms with Crippen molar-refractivity contribution in [2.24, 2.45) is 0 Å². The first-order valence-electron chi connectivity index (χ1n) is 8.94. The molecule has 3 N–H and O–H groups in total. The number of aromatic nitrogens is 3. The molecule has 1 amide bonds. The summed E-state index contributed by atoms with van der Waals surface area (Å²) < 4.78 is 2.45. The van der Waals surface area contributed by atoms with Gasteiger partial charge >= 0.3 is 0 Å². The van der Waals surface area contributed by atoms with Gasteiger partial charge in [0.2, 0.25) is 5.91 Å². The van der Waals surface area contributed by atoms with E-state index in [9.17, 15) is 9.90 Å². The van der Waals surface area contributed by atoms with Gasteiger partial charge in [-0.2, -0.15) is 9.61 Å². The van der Waals surface area contributed by atoms with Crippen molar-refractivity contribution in [3.63, 3.8) is 0 Å². The van der Waals surface area contributed by atoms with E-state index in [1.807, 2.05) is 42.5 Å². The van der Waals surface area contributed by atoms with Gasteiger partial charge < -0.3 is 15.7 Å². The van der Waals surface area contributed by atoms with E-state index in [2.05, 4.69) is 36.6 Å². The van der Waals surface area contributed by atoms with Crippen molar-refractivity contribution in [1.82, 2.24) is 14.6 Å². The molecule has 2 heterocycles. The van der Waals surface area contributed by atoms with Gasteiger partial charge in [-0.25, -0.2) is 4.98 Å². The topological polar surface area (TPSA) is 91.5 Å². The molecule has 2 aromatic heterocycles. The van der Waals surface area contributed by atoms with E-state index in [1.54, 1.807) is 22.8 Å². The van der Waals surface area contributed by atoms with Crippen LogP contribution in [-0.2, 0) is 11.3 Å². The lowest BCUT2D eigenvalue weighted by molar-refractivity contribution is -0.114. The third-order valence-electron chi connectivity index (χ3n) is 4.33. The second-order valence-electron chi connectivity index (χ2n) is 6.51. The van der Waals surface area contributed by atoms with Gasteiger partial charge in [0.05, 0.1) is 16.4 Å². The summed E-state index contributed by atoms with van der Waals surface area (Å²) in [5.74, 6) is 0.775. The van der Waals surface area contributed by atoms with E-state index in [0.29, 0.717) is 23.4 Å². The summed E-state index contributed by atoms with van der Waals surface area (Å²) in [6.45, 7) is 2.00. The largest absolute Gasteiger partial charge is 0.507 e. The zero-order valence-corrected chi connectivity index (χ0v) is 17.1. The van der Waals surface area contributed by atoms with Crippen molar-refractivity contribution in [1.29, 1.82) is 0 Å². The lowest BCUT2D eigenvalue weighted by atomic mass is 10.1. The lowest BCUT2D eigenvalue weighted by Crippen LogP contribution is -2.08. The summed E-state index contributed by atoms with van der Waals surface area (Å²) in [5.41, 5.74) is 3.65. The molecule has 4 rings (SSSR count). The number of carbonyl (C=O) groups is 1. The maximum absolute atomic E-state index is 11.3. The highest BCUT2D eigenvalue weighted by molar-refractivity contribution is 9.10. The van der Waals surface area contributed by atoms with Crippen LogP contribution in [0.3, 0.4) is 0 Å². The standard InChI is InChI=1S/C21H18BrN5O2/c1-13(28)25-15-6-4-5-14(9-15)11-23-20-10-18(16-7-2-3-8-19(16)29)26-21-17(22)12-24-27(20)21/h2-10,12,23,29H,11H2,1H3,(H,25,28). The molecule has 2 aromatic carbocycles. The van der Waals surface area contributed by atoms with Crippen molar-refractivity contribution in [3.05, 3.63) is 70.8 Å². The number of halogens is 1. The van der Waals surface area contributed by atoms with Crippen LogP contribution in [0, 0.1) is 0 Å². The van der Waals surface area contributed by atoms with Crippen LogP contribution in [0.1, 0.15) is 12.5 Å². The molecular weight excluding hydrogens is 434 g/mol. The fourth-order valence-corrected chi connectivity index (χ4v) is 3.39. The normalized spacial score (nSPS) is 10.8. The minimum absolute atomic E-state index is 0.111. The zero-order valence-electron chi connectivity index (χ0n) is 15.6. The molecule has 0 atom stereocenters. The van der Waals surface area contributed by atoms with Crippen molar-refractivity contribution in [3.8, 4) is 17.0 Å². The summed E-state index contributed by atoms with van der Waals surface area (Å²) in [5, 5.41) is 20.8. The molecule has 0 saturated heterocycles. The Kier molecular flexibility index (Phi) is 5.18. The van der Waals surface area contributed by atoms with Crippen molar-refractivity contribution >= 4 is 39.0 Å². The number of nitrogens with one attached hydrogen (secondary N) is 2. The van der Waals surface area contributed by atoms with E-state index in [0.717, 1.165) is 21.5 Å². The SMILES string of the molecule is CC(=O)Nc1cccc(CNc2cc(-c3ccccc3O)nc3c(Br)cnn23)c1. The number of hydrogen-bond acceptors (Lipinski definition) is 5. The van der Waals surface area contributed by atoms with Gasteiger partial charge in [0.25, 0.3) is 0 Å². The first-order chi connectivity index (χ1) is 14.0. The van der Waals surface area contributed by atoms with Crippen LogP contribution < -0.4 is 10.6 Å². The molecule has 0 saturated carbocycles. The quantitative estimate of drug-likeness (QED) is 0.417. The number of phenolic OH excluding ortho intramolecular Hbond substituents is 1. The molecule has 29 heavy (non-hydrogen) atoms. The Morgan fingerprint density at radius 1 is 1.17 bits per heavy atom. The molecule has 0 spiro atoms. The third-order valence-corrected chi connectivity index (χ3v) is 4.89. The van der Waals surface area contributed by atoms with Gasteiger partial charge in [0.1, 0.15) is 11.6 Å². The monoisotopic (exact) mass is 451 g/mol. The number of amides is 1. The number of benzene rings is 2. The van der Waals surface area contributed by atoms with E-state index >= 15 is 0 Å². The molecule has 146 valence electrons. The molecule has 0 aliphatic rings. The Labute approximate surface area is 175 Å². The summed E-state index contributed by atoms with van der Waals surface area (Å²) in [6, 6.07) is 16.5. The first kappa shape index (κ1) is 18.9. The number of carbonyl (C=O) groups excluding carboxylic acids is 1. The fraction of sp³-hybridized carbons (Fsp3) is 0.0952. The second-order valence-corrected chi connectivity index (χ2v) is 7.36. The van der Waals surface area contributed by atoms with Gasteiger partial charge in [-0.15, -0.1) is 0 Å². The molecule has 8 heteroatoms. The number of fused-ring (bicyclic) bond motifs is 1. The molecule has 0 radical (unpaired) electrons. The predicted molar refractivity (Wildman–Crippen MR) is 116 cm³/mol. The summed E-state index contributed by atoms with van der Waals surface area (Å²) >= 11 is 3.48. The van der Waals surface area contributed by atoms with Crippen molar-refractivity contribution in [2.45, 2.75) is 13.5 Å². The molecule has 4 aromatic rings. The van der Waals surface area contributed by atoms with Crippen LogP contribution >= 0.6 is 15.9 Å². The Morgan fingerprint density at radius 2 is 2.00 bits per heavy atom. The van der Waals surface area contributed by atoms with Gasteiger partial charge in [-0.05, 0) is 45.8 Å². The maximum Gasteiger partial charge on any atom is 0.221 e. The van der Waals surface area contributed by atoms with E-state index in [-0.39, 0.29) is 11.7 Å². The van der Waals surface area contributed by atoms with Crippen LogP contribution in [0.5, 0.6) is 5.75 Å². The van der Waals surface area contributed by atoms with Crippen LogP contribution in [0.25, 0.3) is 16.9 Å². The second kappa shape index (κ2) is 7.92. The van der Waals surface area contributed by atoms with Gasteiger partial charge in [0, 0.05) is 30.8 Å². The summed E-state index contributed by atoms with van der Waals surface area (Å²) in [7, 11) is 0. The predicted octanol–water partition coefficient (Wildman–Crippen LogP) is 4.43. The van der Waals surface area contributed by atoms with Crippen LogP contribution in [0.2, 0.25) is 0 Å². The Morgan fingerprint density at radius 3 is 2.79 bits per heavy atom. The minimum Gasteiger partial charge on any atom is -0.507 e. The van der Waals surface area contributed by atoms with Crippen molar-refractivity contribution < 1.29 is 9.90 Å². The molecule has 0 unspecified atom stereocenters. The minimum atomic E-state index is -0.111. The van der Waals surface area contributed by atoms with Gasteiger partial charge in [-0.3, -0.25) is 4.79 Å². The number of phenols is 1. The smallest absolute Gasteiger partial charge is 0.221 e. The molecule has 0 fully saturated rings. The van der Waals surface area contributed by atoms with Crippen LogP contribution in [0.15, 0.2) is 65.3 Å². The average molecular weight is 452 g/mol. The molecule has 0 aliphatic heterocycles. The van der Waals surface area contributed by atoms with E-state index in [4.69, 9.17) is 0 Å². The molecule has 7 nitrogen and oxygen atoms in total. The van der Waals surface area contributed by atoms with E-state index < -0.39 is 0 Å². The first-order valence-corrected chi connectivity index (χ1v) is 9.73. The number of aromatic hydroxyl groups is 1. The number of anilines is 2. The summed E-state index contributed by atoms with van der Waals surface area (Å²) in [4.78, 5) is 15.9. The van der Waals surface area contributed by atoms with Crippen LogP contribution in [-0.4, -0.2) is 25.6 Å². The van der Waals surface area contributed by atoms with Gasteiger partial charge in [0.15, 0.2) is 5.65 Å². The Bertz CT molecular complexity index is 1200. The third kappa shape index (κ3) is 4.07. The van der Waals surface area contributed by atoms with Crippen LogP contribution in [0.4, 0.5) is 11.5 Å². The molecule has 0 aliphatic carbocycles. The number of para-hydroxylation sites is 1. The number of hydrogen-bond donors (Lipinski definition) is 3. The fourth-order valence-electron chi connectivity index (χ4n) is 3.05.